The molecule has 0 bridgehead atoms. The number of hydrogen-bond donors (Lipinski definition) is 1. The van der Waals surface area contributed by atoms with Crippen LogP contribution >= 0.6 is 0 Å². The van der Waals surface area contributed by atoms with Gasteiger partial charge in [0.15, 0.2) is 5.82 Å². The van der Waals surface area contributed by atoms with Gasteiger partial charge in [0.2, 0.25) is 5.92 Å². The number of anilines is 2. The summed E-state index contributed by atoms with van der Waals surface area (Å²) in [5.74, 6) is -2.08. The summed E-state index contributed by atoms with van der Waals surface area (Å²) in [6.45, 7) is 22.2. The van der Waals surface area contributed by atoms with E-state index in [1.165, 1.54) is 9.25 Å². The average Bonchev–Trinajstić information content (AvgIpc) is 2.95. The van der Waals surface area contributed by atoms with Crippen LogP contribution in [0.4, 0.5) is 20.3 Å². The first-order valence-corrected chi connectivity index (χ1v) is 14.7. The Hall–Kier alpha value is -3.85. The molecule has 1 N–H and O–H groups in total. The van der Waals surface area contributed by atoms with Crippen molar-refractivity contribution in [1.29, 1.82) is 0 Å². The molecule has 43 heavy (non-hydrogen) atoms. The van der Waals surface area contributed by atoms with Crippen LogP contribution < -0.4 is 16.4 Å². The minimum Gasteiger partial charge on any atom is -0.334 e. The molecule has 240 valence electrons. The molecule has 3 rings (SSSR count). The topological polar surface area (TPSA) is 72.2 Å². The Bertz CT molecular complexity index is 1440. The van der Waals surface area contributed by atoms with Gasteiger partial charge in [-0.3, -0.25) is 9.59 Å². The molecule has 0 aliphatic heterocycles. The lowest BCUT2D eigenvalue weighted by atomic mass is 10.1. The molecule has 3 aromatic rings. The molecule has 0 radical (unpaired) electrons. The van der Waals surface area contributed by atoms with Gasteiger partial charge in [-0.2, -0.15) is 4.68 Å². The summed E-state index contributed by atoms with van der Waals surface area (Å²) in [5, 5.41) is 8.87. The molecule has 0 atom stereocenters. The third-order valence-corrected chi connectivity index (χ3v) is 4.88. The summed E-state index contributed by atoms with van der Waals surface area (Å²) < 4.78 is 24.9. The number of aromatic nitrogens is 3. The van der Waals surface area contributed by atoms with Crippen LogP contribution in [0.2, 0.25) is 0 Å². The Morgan fingerprint density at radius 3 is 2.02 bits per heavy atom. The molecule has 0 saturated carbocycles. The minimum absolute atomic E-state index is 0.187. The smallest absolute Gasteiger partial charge is 0.279 e. The SMILES string of the molecule is C=C/C(=C\C=C(C)C)n1nc(Nc2cccn(C)c2=O)c2ccc(CN(C)C)cc2c1=O.CC.CC.CC.CC(C)(F)F. The Morgan fingerprint density at radius 1 is 0.977 bits per heavy atom. The number of rotatable bonds is 7. The fraction of sp³-hybridized carbons (Fsp3) is 0.441. The molecule has 9 heteroatoms. The lowest BCUT2D eigenvalue weighted by molar-refractivity contribution is 0.0437. The van der Waals surface area contributed by atoms with E-state index < -0.39 is 5.92 Å². The molecule has 7 nitrogen and oxygen atoms in total. The van der Waals surface area contributed by atoms with Crippen LogP contribution in [0, 0.1) is 0 Å². The van der Waals surface area contributed by atoms with E-state index in [0.29, 0.717) is 34.5 Å². The average molecular weight is 602 g/mol. The number of hydrogen-bond acceptors (Lipinski definition) is 5. The Kier molecular flexibility index (Phi) is 20.1. The van der Waals surface area contributed by atoms with Crippen molar-refractivity contribution >= 4 is 28.0 Å². The summed E-state index contributed by atoms with van der Waals surface area (Å²) in [6.07, 6.45) is 6.98. The van der Waals surface area contributed by atoms with Gasteiger partial charge in [-0.25, -0.2) is 8.78 Å². The highest BCUT2D eigenvalue weighted by Crippen LogP contribution is 2.23. The van der Waals surface area contributed by atoms with Crippen molar-refractivity contribution in [3.05, 3.63) is 93.2 Å². The van der Waals surface area contributed by atoms with E-state index in [9.17, 15) is 18.4 Å². The van der Waals surface area contributed by atoms with Gasteiger partial charge in [0.25, 0.3) is 11.1 Å². The number of pyridine rings is 1. The lowest BCUT2D eigenvalue weighted by Crippen LogP contribution is -2.25. The zero-order valence-electron chi connectivity index (χ0n) is 28.5. The van der Waals surface area contributed by atoms with E-state index in [1.54, 1.807) is 37.5 Å². The van der Waals surface area contributed by atoms with Crippen LogP contribution in [0.25, 0.3) is 16.5 Å². The van der Waals surface area contributed by atoms with Gasteiger partial charge < -0.3 is 14.8 Å². The third kappa shape index (κ3) is 14.7. The number of halogens is 2. The zero-order chi connectivity index (χ0) is 33.9. The molecule has 0 aliphatic carbocycles. The Labute approximate surface area is 257 Å². The Morgan fingerprint density at radius 2 is 1.53 bits per heavy atom. The van der Waals surface area contributed by atoms with E-state index in [4.69, 9.17) is 0 Å². The predicted molar refractivity (Wildman–Crippen MR) is 183 cm³/mol. The van der Waals surface area contributed by atoms with Crippen molar-refractivity contribution < 1.29 is 8.78 Å². The summed E-state index contributed by atoms with van der Waals surface area (Å²) in [6, 6.07) is 9.19. The molecule has 2 heterocycles. The first-order valence-electron chi connectivity index (χ1n) is 14.7. The van der Waals surface area contributed by atoms with E-state index in [2.05, 4.69) is 17.0 Å². The summed E-state index contributed by atoms with van der Waals surface area (Å²) in [4.78, 5) is 28.0. The second-order valence-corrected chi connectivity index (χ2v) is 9.51. The van der Waals surface area contributed by atoms with Crippen LogP contribution in [-0.2, 0) is 13.6 Å². The maximum absolute atomic E-state index is 13.4. The maximum Gasteiger partial charge on any atom is 0.279 e. The van der Waals surface area contributed by atoms with Gasteiger partial charge >= 0.3 is 0 Å². The first-order chi connectivity index (χ1) is 20.2. The highest BCUT2D eigenvalue weighted by molar-refractivity contribution is 5.93. The summed E-state index contributed by atoms with van der Waals surface area (Å²) >= 11 is 0. The summed E-state index contributed by atoms with van der Waals surface area (Å²) in [7, 11) is 5.64. The number of benzene rings is 1. The fourth-order valence-electron chi connectivity index (χ4n) is 3.32. The highest BCUT2D eigenvalue weighted by Gasteiger charge is 2.15. The van der Waals surface area contributed by atoms with Crippen LogP contribution in [-0.4, -0.2) is 39.3 Å². The van der Waals surface area contributed by atoms with Crippen LogP contribution in [0.5, 0.6) is 0 Å². The van der Waals surface area contributed by atoms with Crippen LogP contribution in [0.3, 0.4) is 0 Å². The monoisotopic (exact) mass is 601 g/mol. The number of alkyl halides is 2. The molecular weight excluding hydrogens is 548 g/mol. The van der Waals surface area contributed by atoms with Gasteiger partial charge in [-0.15, -0.1) is 5.10 Å². The number of nitrogens with zero attached hydrogens (tertiary/aromatic N) is 4. The molecule has 0 saturated heterocycles. The highest BCUT2D eigenvalue weighted by atomic mass is 19.3. The molecule has 0 aliphatic rings. The fourth-order valence-corrected chi connectivity index (χ4v) is 3.32. The zero-order valence-corrected chi connectivity index (χ0v) is 28.5. The third-order valence-electron chi connectivity index (χ3n) is 4.88. The second kappa shape index (κ2) is 20.9. The first kappa shape index (κ1) is 41.3. The van der Waals surface area contributed by atoms with E-state index in [-0.39, 0.29) is 11.1 Å². The minimum atomic E-state index is -2.50. The maximum atomic E-state index is 13.4. The van der Waals surface area contributed by atoms with Gasteiger partial charge in [-0.05, 0) is 77.7 Å². The Balaban J connectivity index is 0. The largest absolute Gasteiger partial charge is 0.334 e. The van der Waals surface area contributed by atoms with Crippen molar-refractivity contribution in [1.82, 2.24) is 19.2 Å². The number of fused-ring (bicyclic) bond motifs is 1. The van der Waals surface area contributed by atoms with E-state index >= 15 is 0 Å². The van der Waals surface area contributed by atoms with Crippen molar-refractivity contribution in [2.24, 2.45) is 7.05 Å². The predicted octanol–water partition coefficient (Wildman–Crippen LogP) is 8.63. The molecular formula is C34H53F2N5O2. The van der Waals surface area contributed by atoms with Gasteiger partial charge in [0, 0.05) is 25.2 Å². The van der Waals surface area contributed by atoms with E-state index in [1.807, 2.05) is 98.7 Å². The van der Waals surface area contributed by atoms with Gasteiger partial charge in [-0.1, -0.05) is 71.9 Å². The summed E-state index contributed by atoms with van der Waals surface area (Å²) in [5.41, 5.74) is 2.57. The molecule has 1 aromatic carbocycles. The normalized spacial score (nSPS) is 10.5. The van der Waals surface area contributed by atoms with Crippen molar-refractivity contribution in [2.75, 3.05) is 19.4 Å². The van der Waals surface area contributed by atoms with Crippen LogP contribution in [0.1, 0.15) is 74.8 Å². The van der Waals surface area contributed by atoms with Crippen molar-refractivity contribution in [2.45, 2.75) is 81.7 Å². The standard InChI is InChI=1S/C25H29N5O2.C3H6F2.3C2H6/c1-7-19(12-10-17(2)3)30-24(31)21-15-18(16-28(4)5)11-13-20(21)23(27-30)26-22-9-8-14-29(6)25(22)32;1-3(2,4)5;3*1-2/h7-15H,1,16H2,2-6H3,(H,26,27);1-2H3;3*1-2H3/b19-12+;;;;. The number of aryl methyl sites for hydroxylation is 1. The molecule has 0 spiro atoms. The number of allylic oxidation sites excluding steroid dienone is 5. The molecule has 0 fully saturated rings. The molecule has 0 amide bonds. The molecule has 2 aromatic heterocycles. The van der Waals surface area contributed by atoms with Crippen LogP contribution in [0.15, 0.2) is 76.5 Å². The van der Waals surface area contributed by atoms with Gasteiger partial charge in [0.1, 0.15) is 5.69 Å². The van der Waals surface area contributed by atoms with Crippen molar-refractivity contribution in [3.63, 3.8) is 0 Å². The van der Waals surface area contributed by atoms with Gasteiger partial charge in [0.05, 0.1) is 11.1 Å². The molecule has 0 unspecified atom stereocenters. The van der Waals surface area contributed by atoms with E-state index in [0.717, 1.165) is 25.0 Å². The number of nitrogens with one attached hydrogen (secondary N) is 1. The van der Waals surface area contributed by atoms with Crippen molar-refractivity contribution in [3.8, 4) is 0 Å². The lowest BCUT2D eigenvalue weighted by Gasteiger charge is -2.15. The quantitative estimate of drug-likeness (QED) is 0.275. The second-order valence-electron chi connectivity index (χ2n) is 9.51.